The van der Waals surface area contributed by atoms with E-state index in [4.69, 9.17) is 4.74 Å². The first kappa shape index (κ1) is 17.2. The second kappa shape index (κ2) is 8.50. The van der Waals surface area contributed by atoms with Crippen molar-refractivity contribution in [1.29, 1.82) is 0 Å². The van der Waals surface area contributed by atoms with Gasteiger partial charge in [-0.15, -0.1) is 0 Å². The summed E-state index contributed by atoms with van der Waals surface area (Å²) < 4.78 is 5.62. The van der Waals surface area contributed by atoms with Gasteiger partial charge in [-0.2, -0.15) is 0 Å². The number of hydrogen-bond acceptors (Lipinski definition) is 3. The first-order valence-corrected chi connectivity index (χ1v) is 9.10. The Labute approximate surface area is 131 Å². The van der Waals surface area contributed by atoms with Crippen LogP contribution in [-0.4, -0.2) is 50.8 Å². The van der Waals surface area contributed by atoms with E-state index in [1.54, 1.807) is 0 Å². The number of ether oxygens (including phenoxy) is 1. The summed E-state index contributed by atoms with van der Waals surface area (Å²) in [6.07, 6.45) is 6.82. The summed E-state index contributed by atoms with van der Waals surface area (Å²) in [5, 5.41) is 3.76. The zero-order valence-corrected chi connectivity index (χ0v) is 14.5. The fourth-order valence-electron chi connectivity index (χ4n) is 3.82. The van der Waals surface area contributed by atoms with E-state index in [2.05, 4.69) is 31.0 Å². The monoisotopic (exact) mass is 296 g/mol. The molecule has 2 fully saturated rings. The molecule has 124 valence electrons. The minimum Gasteiger partial charge on any atom is -0.380 e. The van der Waals surface area contributed by atoms with E-state index < -0.39 is 0 Å². The molecule has 0 aromatic heterocycles. The van der Waals surface area contributed by atoms with Crippen molar-refractivity contribution in [3.8, 4) is 0 Å². The fraction of sp³-hybridized carbons (Fsp3) is 1.00. The molecule has 0 spiro atoms. The third-order valence-electron chi connectivity index (χ3n) is 5.26. The van der Waals surface area contributed by atoms with E-state index in [0.717, 1.165) is 38.1 Å². The number of nitrogens with one attached hydrogen (secondary N) is 1. The van der Waals surface area contributed by atoms with Crippen LogP contribution in [0, 0.1) is 17.3 Å². The molecule has 1 heterocycles. The van der Waals surface area contributed by atoms with Gasteiger partial charge in [0, 0.05) is 32.8 Å². The van der Waals surface area contributed by atoms with Crippen molar-refractivity contribution in [2.45, 2.75) is 52.9 Å². The standard InChI is InChI=1S/C18H36N2O/c1-16(2)13-19-14-18(7-5-17(3)6-8-18)15-20-9-4-11-21-12-10-20/h16-17,19H,4-15H2,1-3H3. The predicted molar refractivity (Wildman–Crippen MR) is 89.6 cm³/mol. The Hall–Kier alpha value is -0.120. The van der Waals surface area contributed by atoms with E-state index >= 15 is 0 Å². The smallest absolute Gasteiger partial charge is 0.0593 e. The van der Waals surface area contributed by atoms with Crippen LogP contribution in [0.15, 0.2) is 0 Å². The Bertz CT molecular complexity index is 277. The van der Waals surface area contributed by atoms with Crippen LogP contribution in [0.2, 0.25) is 0 Å². The molecule has 0 unspecified atom stereocenters. The average molecular weight is 296 g/mol. The van der Waals surface area contributed by atoms with E-state index in [1.807, 2.05) is 0 Å². The number of hydrogen-bond donors (Lipinski definition) is 1. The van der Waals surface area contributed by atoms with Crippen LogP contribution in [0.25, 0.3) is 0 Å². The van der Waals surface area contributed by atoms with Crippen LogP contribution < -0.4 is 5.32 Å². The van der Waals surface area contributed by atoms with Crippen molar-refractivity contribution in [1.82, 2.24) is 10.2 Å². The van der Waals surface area contributed by atoms with Crippen molar-refractivity contribution in [2.75, 3.05) is 45.9 Å². The van der Waals surface area contributed by atoms with Gasteiger partial charge in [-0.25, -0.2) is 0 Å². The van der Waals surface area contributed by atoms with E-state index in [9.17, 15) is 0 Å². The maximum absolute atomic E-state index is 5.62. The summed E-state index contributed by atoms with van der Waals surface area (Å²) in [5.74, 6) is 1.67. The van der Waals surface area contributed by atoms with Gasteiger partial charge in [0.05, 0.1) is 6.61 Å². The van der Waals surface area contributed by atoms with Crippen LogP contribution in [0.3, 0.4) is 0 Å². The first-order chi connectivity index (χ1) is 10.1. The van der Waals surface area contributed by atoms with Crippen LogP contribution in [0.4, 0.5) is 0 Å². The Balaban J connectivity index is 1.90. The number of nitrogens with zero attached hydrogens (tertiary/aromatic N) is 1. The molecule has 0 aromatic rings. The minimum atomic E-state index is 0.506. The predicted octanol–water partition coefficient (Wildman–Crippen LogP) is 3.15. The van der Waals surface area contributed by atoms with Crippen molar-refractivity contribution < 1.29 is 4.74 Å². The topological polar surface area (TPSA) is 24.5 Å². The van der Waals surface area contributed by atoms with Gasteiger partial charge in [0.1, 0.15) is 0 Å². The lowest BCUT2D eigenvalue weighted by Gasteiger charge is -2.43. The maximum Gasteiger partial charge on any atom is 0.0593 e. The largest absolute Gasteiger partial charge is 0.380 e. The first-order valence-electron chi connectivity index (χ1n) is 9.10. The molecule has 3 nitrogen and oxygen atoms in total. The third kappa shape index (κ3) is 5.88. The molecule has 3 heteroatoms. The summed E-state index contributed by atoms with van der Waals surface area (Å²) >= 11 is 0. The molecule has 21 heavy (non-hydrogen) atoms. The molecule has 0 radical (unpaired) electrons. The van der Waals surface area contributed by atoms with Gasteiger partial charge in [-0.3, -0.25) is 0 Å². The zero-order valence-electron chi connectivity index (χ0n) is 14.5. The zero-order chi connectivity index (χ0) is 15.1. The molecular weight excluding hydrogens is 260 g/mol. The van der Waals surface area contributed by atoms with Crippen molar-refractivity contribution in [3.05, 3.63) is 0 Å². The van der Waals surface area contributed by atoms with Crippen LogP contribution in [0.5, 0.6) is 0 Å². The minimum absolute atomic E-state index is 0.506. The van der Waals surface area contributed by atoms with Crippen molar-refractivity contribution in [3.63, 3.8) is 0 Å². The van der Waals surface area contributed by atoms with Crippen molar-refractivity contribution >= 4 is 0 Å². The second-order valence-electron chi connectivity index (χ2n) is 7.95. The quantitative estimate of drug-likeness (QED) is 0.815. The maximum atomic E-state index is 5.62. The molecule has 0 atom stereocenters. The fourth-order valence-corrected chi connectivity index (χ4v) is 3.82. The highest BCUT2D eigenvalue weighted by Gasteiger charge is 2.35. The second-order valence-corrected chi connectivity index (χ2v) is 7.95. The highest BCUT2D eigenvalue weighted by Crippen LogP contribution is 2.39. The Morgan fingerprint density at radius 1 is 1.19 bits per heavy atom. The summed E-state index contributed by atoms with van der Waals surface area (Å²) in [5.41, 5.74) is 0.506. The molecule has 2 aliphatic rings. The lowest BCUT2D eigenvalue weighted by atomic mass is 9.70. The molecule has 1 aliphatic carbocycles. The SMILES string of the molecule is CC(C)CNCC1(CN2CCCOCC2)CCC(C)CC1. The Morgan fingerprint density at radius 2 is 1.95 bits per heavy atom. The molecule has 1 saturated heterocycles. The van der Waals surface area contributed by atoms with Gasteiger partial charge in [0.25, 0.3) is 0 Å². The van der Waals surface area contributed by atoms with Gasteiger partial charge in [0.15, 0.2) is 0 Å². The Kier molecular flexibility index (Phi) is 6.97. The normalized spacial score (nSPS) is 32.3. The van der Waals surface area contributed by atoms with Gasteiger partial charge in [-0.05, 0) is 43.1 Å². The lowest BCUT2D eigenvalue weighted by molar-refractivity contribution is 0.0806. The Morgan fingerprint density at radius 3 is 2.67 bits per heavy atom. The molecule has 0 amide bonds. The number of rotatable bonds is 6. The summed E-state index contributed by atoms with van der Waals surface area (Å²) in [6, 6.07) is 0. The van der Waals surface area contributed by atoms with Gasteiger partial charge in [-0.1, -0.05) is 33.6 Å². The van der Waals surface area contributed by atoms with Crippen LogP contribution >= 0.6 is 0 Å². The highest BCUT2D eigenvalue weighted by molar-refractivity contribution is 4.89. The van der Waals surface area contributed by atoms with Crippen LogP contribution in [-0.2, 0) is 4.74 Å². The van der Waals surface area contributed by atoms with Crippen LogP contribution in [0.1, 0.15) is 52.9 Å². The average Bonchev–Trinajstić information content (AvgIpc) is 2.70. The van der Waals surface area contributed by atoms with Gasteiger partial charge in [0.2, 0.25) is 0 Å². The van der Waals surface area contributed by atoms with E-state index in [0.29, 0.717) is 5.41 Å². The molecule has 1 N–H and O–H groups in total. The molecule has 1 saturated carbocycles. The highest BCUT2D eigenvalue weighted by atomic mass is 16.5. The van der Waals surface area contributed by atoms with E-state index in [1.165, 1.54) is 51.7 Å². The summed E-state index contributed by atoms with van der Waals surface area (Å²) in [6.45, 7) is 14.9. The van der Waals surface area contributed by atoms with Crippen molar-refractivity contribution in [2.24, 2.45) is 17.3 Å². The van der Waals surface area contributed by atoms with Gasteiger partial charge >= 0.3 is 0 Å². The molecular formula is C18H36N2O. The molecule has 2 rings (SSSR count). The molecule has 0 aromatic carbocycles. The third-order valence-corrected chi connectivity index (χ3v) is 5.26. The lowest BCUT2D eigenvalue weighted by Crippen LogP contribution is -2.47. The molecule has 0 bridgehead atoms. The van der Waals surface area contributed by atoms with Gasteiger partial charge < -0.3 is 15.0 Å². The summed E-state index contributed by atoms with van der Waals surface area (Å²) in [7, 11) is 0. The van der Waals surface area contributed by atoms with E-state index in [-0.39, 0.29) is 0 Å². The molecule has 1 aliphatic heterocycles. The summed E-state index contributed by atoms with van der Waals surface area (Å²) in [4.78, 5) is 2.67.